The minimum absolute atomic E-state index is 0.610. The molecule has 20 heavy (non-hydrogen) atoms. The van der Waals surface area contributed by atoms with E-state index in [9.17, 15) is 0 Å². The Bertz CT molecular complexity index is 703. The van der Waals surface area contributed by atoms with Crippen molar-refractivity contribution >= 4 is 28.2 Å². The molecule has 0 amide bonds. The summed E-state index contributed by atoms with van der Waals surface area (Å²) in [6.45, 7) is 2.08. The van der Waals surface area contributed by atoms with Crippen LogP contribution in [0, 0.1) is 6.92 Å². The summed E-state index contributed by atoms with van der Waals surface area (Å²) in [4.78, 5) is 5.68. The standard InChI is InChI=1S/C16H14N2S2/c1-11-7-9-12(10-8-11)14-15(20-16(17)18-14)19-13-5-3-2-4-6-13/h2-10H,1H3,(H2,17,18). The first-order valence-electron chi connectivity index (χ1n) is 6.28. The molecule has 100 valence electrons. The van der Waals surface area contributed by atoms with Crippen molar-refractivity contribution in [2.75, 3.05) is 5.73 Å². The molecule has 0 atom stereocenters. The highest BCUT2D eigenvalue weighted by Gasteiger charge is 2.13. The van der Waals surface area contributed by atoms with Gasteiger partial charge in [-0.05, 0) is 19.1 Å². The molecule has 1 heterocycles. The van der Waals surface area contributed by atoms with E-state index in [1.54, 1.807) is 11.8 Å². The summed E-state index contributed by atoms with van der Waals surface area (Å²) in [6, 6.07) is 18.7. The fourth-order valence-electron chi connectivity index (χ4n) is 1.88. The van der Waals surface area contributed by atoms with E-state index in [2.05, 4.69) is 48.3 Å². The second-order valence-corrected chi connectivity index (χ2v) is 6.84. The van der Waals surface area contributed by atoms with Crippen molar-refractivity contribution in [3.8, 4) is 11.3 Å². The highest BCUT2D eigenvalue weighted by Crippen LogP contribution is 2.40. The Hall–Kier alpha value is -1.78. The summed E-state index contributed by atoms with van der Waals surface area (Å²) in [5, 5.41) is 0.610. The second kappa shape index (κ2) is 5.69. The average molecular weight is 298 g/mol. The fraction of sp³-hybridized carbons (Fsp3) is 0.0625. The molecule has 0 spiro atoms. The van der Waals surface area contributed by atoms with E-state index in [1.165, 1.54) is 21.8 Å². The number of aryl methyl sites for hydroxylation is 1. The van der Waals surface area contributed by atoms with Crippen LogP contribution in [0.4, 0.5) is 5.13 Å². The zero-order chi connectivity index (χ0) is 13.9. The van der Waals surface area contributed by atoms with E-state index in [4.69, 9.17) is 5.73 Å². The Labute approximate surface area is 126 Å². The van der Waals surface area contributed by atoms with E-state index >= 15 is 0 Å². The van der Waals surface area contributed by atoms with Gasteiger partial charge in [0.1, 0.15) is 0 Å². The Morgan fingerprint density at radius 1 is 1.00 bits per heavy atom. The molecular formula is C16H14N2S2. The maximum absolute atomic E-state index is 5.89. The first-order chi connectivity index (χ1) is 9.72. The Morgan fingerprint density at radius 2 is 1.70 bits per heavy atom. The van der Waals surface area contributed by atoms with Gasteiger partial charge >= 0.3 is 0 Å². The monoisotopic (exact) mass is 298 g/mol. The van der Waals surface area contributed by atoms with E-state index in [1.807, 2.05) is 18.2 Å². The maximum atomic E-state index is 5.89. The van der Waals surface area contributed by atoms with Gasteiger partial charge in [-0.3, -0.25) is 0 Å². The molecule has 0 unspecified atom stereocenters. The van der Waals surface area contributed by atoms with E-state index in [0.29, 0.717) is 5.13 Å². The second-order valence-electron chi connectivity index (χ2n) is 4.47. The van der Waals surface area contributed by atoms with Crippen molar-refractivity contribution in [2.45, 2.75) is 16.0 Å². The number of benzene rings is 2. The van der Waals surface area contributed by atoms with Crippen LogP contribution in [0.25, 0.3) is 11.3 Å². The highest BCUT2D eigenvalue weighted by atomic mass is 32.2. The van der Waals surface area contributed by atoms with Crippen molar-refractivity contribution in [3.63, 3.8) is 0 Å². The van der Waals surface area contributed by atoms with Crippen LogP contribution in [0.3, 0.4) is 0 Å². The summed E-state index contributed by atoms with van der Waals surface area (Å²) in [6.07, 6.45) is 0. The molecule has 0 bridgehead atoms. The van der Waals surface area contributed by atoms with Crippen LogP contribution < -0.4 is 5.73 Å². The van der Waals surface area contributed by atoms with Crippen LogP contribution in [0.5, 0.6) is 0 Å². The van der Waals surface area contributed by atoms with Gasteiger partial charge in [0.25, 0.3) is 0 Å². The Balaban J connectivity index is 1.98. The van der Waals surface area contributed by atoms with Gasteiger partial charge in [-0.15, -0.1) is 0 Å². The number of nitrogens with two attached hydrogens (primary N) is 1. The molecule has 3 aromatic rings. The smallest absolute Gasteiger partial charge is 0.181 e. The van der Waals surface area contributed by atoms with Crippen LogP contribution in [-0.4, -0.2) is 4.98 Å². The first-order valence-corrected chi connectivity index (χ1v) is 7.92. The Kier molecular flexibility index (Phi) is 3.76. The Morgan fingerprint density at radius 3 is 2.40 bits per heavy atom. The lowest BCUT2D eigenvalue weighted by atomic mass is 10.1. The molecule has 3 rings (SSSR count). The zero-order valence-electron chi connectivity index (χ0n) is 11.0. The van der Waals surface area contributed by atoms with Crippen LogP contribution in [-0.2, 0) is 0 Å². The third-order valence-electron chi connectivity index (χ3n) is 2.89. The first kappa shape index (κ1) is 13.2. The van der Waals surface area contributed by atoms with Crippen molar-refractivity contribution in [3.05, 3.63) is 60.2 Å². The minimum Gasteiger partial charge on any atom is -0.375 e. The molecule has 4 heteroatoms. The summed E-state index contributed by atoms with van der Waals surface area (Å²) in [5.41, 5.74) is 9.23. The third kappa shape index (κ3) is 2.86. The van der Waals surface area contributed by atoms with Gasteiger partial charge in [0.05, 0.1) is 9.90 Å². The summed E-state index contributed by atoms with van der Waals surface area (Å²) >= 11 is 3.25. The van der Waals surface area contributed by atoms with E-state index in [-0.39, 0.29) is 0 Å². The van der Waals surface area contributed by atoms with Gasteiger partial charge < -0.3 is 5.73 Å². The molecule has 0 saturated heterocycles. The minimum atomic E-state index is 0.610. The fourth-order valence-corrected chi connectivity index (χ4v) is 3.95. The average Bonchev–Trinajstić information content (AvgIpc) is 2.81. The molecule has 0 aliphatic rings. The molecule has 2 N–H and O–H groups in total. The van der Waals surface area contributed by atoms with E-state index < -0.39 is 0 Å². The number of hydrogen-bond donors (Lipinski definition) is 1. The molecule has 0 aliphatic carbocycles. The lowest BCUT2D eigenvalue weighted by Crippen LogP contribution is -1.84. The number of rotatable bonds is 3. The van der Waals surface area contributed by atoms with Gasteiger partial charge in [0.2, 0.25) is 0 Å². The highest BCUT2D eigenvalue weighted by molar-refractivity contribution is 8.01. The number of nitrogen functional groups attached to an aromatic ring is 1. The third-order valence-corrected chi connectivity index (χ3v) is 4.96. The van der Waals surface area contributed by atoms with Crippen LogP contribution >= 0.6 is 23.1 Å². The van der Waals surface area contributed by atoms with E-state index in [0.717, 1.165) is 15.5 Å². The van der Waals surface area contributed by atoms with Crippen molar-refractivity contribution < 1.29 is 0 Å². The predicted octanol–water partition coefficient (Wildman–Crippen LogP) is 4.85. The lowest BCUT2D eigenvalue weighted by Gasteiger charge is -2.03. The van der Waals surface area contributed by atoms with Crippen LogP contribution in [0.1, 0.15) is 5.56 Å². The summed E-state index contributed by atoms with van der Waals surface area (Å²) in [5.74, 6) is 0. The SMILES string of the molecule is Cc1ccc(-c2nc(N)sc2Sc2ccccc2)cc1. The topological polar surface area (TPSA) is 38.9 Å². The molecule has 0 fully saturated rings. The molecular weight excluding hydrogens is 284 g/mol. The number of anilines is 1. The largest absolute Gasteiger partial charge is 0.375 e. The number of nitrogens with zero attached hydrogens (tertiary/aromatic N) is 1. The van der Waals surface area contributed by atoms with Crippen molar-refractivity contribution in [2.24, 2.45) is 0 Å². The molecule has 0 aliphatic heterocycles. The molecule has 0 radical (unpaired) electrons. The number of thiazole rings is 1. The lowest BCUT2D eigenvalue weighted by molar-refractivity contribution is 1.35. The maximum Gasteiger partial charge on any atom is 0.181 e. The molecule has 1 aromatic heterocycles. The summed E-state index contributed by atoms with van der Waals surface area (Å²) in [7, 11) is 0. The van der Waals surface area contributed by atoms with Gasteiger partial charge in [0.15, 0.2) is 5.13 Å². The van der Waals surface area contributed by atoms with Crippen LogP contribution in [0.15, 0.2) is 63.7 Å². The van der Waals surface area contributed by atoms with Crippen molar-refractivity contribution in [1.82, 2.24) is 4.98 Å². The summed E-state index contributed by atoms with van der Waals surface area (Å²) < 4.78 is 1.14. The van der Waals surface area contributed by atoms with Crippen molar-refractivity contribution in [1.29, 1.82) is 0 Å². The van der Waals surface area contributed by atoms with Gasteiger partial charge in [-0.2, -0.15) is 0 Å². The zero-order valence-corrected chi connectivity index (χ0v) is 12.7. The quantitative estimate of drug-likeness (QED) is 0.751. The molecule has 0 saturated carbocycles. The predicted molar refractivity (Wildman–Crippen MR) is 87.3 cm³/mol. The van der Waals surface area contributed by atoms with Crippen LogP contribution in [0.2, 0.25) is 0 Å². The van der Waals surface area contributed by atoms with Gasteiger partial charge in [0, 0.05) is 10.5 Å². The number of hydrogen-bond acceptors (Lipinski definition) is 4. The normalized spacial score (nSPS) is 10.7. The molecule has 2 nitrogen and oxygen atoms in total. The number of aromatic nitrogens is 1. The van der Waals surface area contributed by atoms with Gasteiger partial charge in [-0.25, -0.2) is 4.98 Å². The van der Waals surface area contributed by atoms with Gasteiger partial charge in [-0.1, -0.05) is 71.1 Å². The molecule has 2 aromatic carbocycles.